The first kappa shape index (κ1) is 27.8. The summed E-state index contributed by atoms with van der Waals surface area (Å²) in [7, 11) is 0. The van der Waals surface area contributed by atoms with Crippen molar-refractivity contribution < 1.29 is 24.9 Å². The highest BCUT2D eigenvalue weighted by Gasteiger charge is 2.59. The molecule has 3 aromatic heterocycles. The quantitative estimate of drug-likeness (QED) is 0.196. The topological polar surface area (TPSA) is 168 Å². The number of nitrogens with zero attached hydrogens (tertiary/aromatic N) is 4. The molecule has 212 valence electrons. The third kappa shape index (κ3) is 5.19. The summed E-state index contributed by atoms with van der Waals surface area (Å²) in [6, 6.07) is 12.9. The van der Waals surface area contributed by atoms with Crippen molar-refractivity contribution in [1.29, 1.82) is 0 Å². The smallest absolute Gasteiger partial charge is 0.412 e. The van der Waals surface area contributed by atoms with Gasteiger partial charge in [0, 0.05) is 5.39 Å². The van der Waals surface area contributed by atoms with E-state index in [-0.39, 0.29) is 12.2 Å². The lowest BCUT2D eigenvalue weighted by Gasteiger charge is -2.28. The molecule has 1 aliphatic carbocycles. The average Bonchev–Trinajstić information content (AvgIpc) is 3.45. The van der Waals surface area contributed by atoms with Gasteiger partial charge in [-0.15, -0.1) is 0 Å². The number of hydrogen-bond acceptors (Lipinski definition) is 9. The molecule has 1 aliphatic rings. The molecular formula is C29H36N6O5. The summed E-state index contributed by atoms with van der Waals surface area (Å²) >= 11 is 0. The largest absolute Gasteiger partial charge is 0.449 e. The molecule has 4 aromatic rings. The van der Waals surface area contributed by atoms with Crippen molar-refractivity contribution in [1.82, 2.24) is 19.6 Å². The number of pyridine rings is 1. The Hall–Kier alpha value is -3.80. The Kier molecular flexibility index (Phi) is 7.63. The van der Waals surface area contributed by atoms with E-state index in [0.29, 0.717) is 42.0 Å². The lowest BCUT2D eigenvalue weighted by atomic mass is 9.79. The Morgan fingerprint density at radius 3 is 2.77 bits per heavy atom. The Morgan fingerprint density at radius 2 is 1.98 bits per heavy atom. The van der Waals surface area contributed by atoms with Crippen LogP contribution in [0.25, 0.3) is 16.4 Å². The predicted octanol–water partition coefficient (Wildman–Crippen LogP) is 3.55. The molecule has 40 heavy (non-hydrogen) atoms. The zero-order valence-corrected chi connectivity index (χ0v) is 22.7. The first-order valence-corrected chi connectivity index (χ1v) is 13.7. The van der Waals surface area contributed by atoms with Crippen LogP contribution in [0.3, 0.4) is 0 Å². The highest BCUT2D eigenvalue weighted by molar-refractivity contribution is 5.87. The van der Waals surface area contributed by atoms with Crippen molar-refractivity contribution in [2.75, 3.05) is 17.7 Å². The third-order valence-electron chi connectivity index (χ3n) is 8.05. The molecule has 0 saturated heterocycles. The van der Waals surface area contributed by atoms with Crippen LogP contribution in [0.2, 0.25) is 0 Å². The van der Waals surface area contributed by atoms with Crippen LogP contribution in [0.15, 0.2) is 48.8 Å². The summed E-state index contributed by atoms with van der Waals surface area (Å²) in [6.45, 7) is 4.32. The molecule has 1 saturated carbocycles. The van der Waals surface area contributed by atoms with Crippen LogP contribution in [-0.4, -0.2) is 59.8 Å². The van der Waals surface area contributed by atoms with Gasteiger partial charge in [-0.1, -0.05) is 38.8 Å². The Bertz CT molecular complexity index is 1530. The number of fused-ring (bicyclic) bond motifs is 2. The molecule has 0 radical (unpaired) electrons. The second kappa shape index (κ2) is 11.0. The monoisotopic (exact) mass is 548 g/mol. The first-order chi connectivity index (χ1) is 19.1. The van der Waals surface area contributed by atoms with Crippen LogP contribution in [0, 0.1) is 5.41 Å². The van der Waals surface area contributed by atoms with Gasteiger partial charge in [-0.25, -0.2) is 19.3 Å². The molecular weight excluding hydrogens is 512 g/mol. The Morgan fingerprint density at radius 1 is 1.18 bits per heavy atom. The highest BCUT2D eigenvalue weighted by atomic mass is 16.5. The van der Waals surface area contributed by atoms with Crippen molar-refractivity contribution >= 4 is 34.1 Å². The molecule has 5 rings (SSSR count). The molecule has 11 nitrogen and oxygen atoms in total. The van der Waals surface area contributed by atoms with Gasteiger partial charge in [0.2, 0.25) is 0 Å². The number of aromatic nitrogens is 4. The van der Waals surface area contributed by atoms with E-state index in [9.17, 15) is 20.1 Å². The number of nitrogens with two attached hydrogens (primary N) is 1. The summed E-state index contributed by atoms with van der Waals surface area (Å²) in [5.74, 6) is 0.660. The van der Waals surface area contributed by atoms with Crippen LogP contribution in [0.1, 0.15) is 57.2 Å². The fraction of sp³-hybridized carbons (Fsp3) is 0.448. The van der Waals surface area contributed by atoms with Crippen LogP contribution in [-0.2, 0) is 16.8 Å². The number of aryl methyl sites for hydroxylation is 1. The second-order valence-corrected chi connectivity index (χ2v) is 11.0. The minimum Gasteiger partial charge on any atom is -0.449 e. The fourth-order valence-electron chi connectivity index (χ4n) is 5.70. The molecule has 3 heterocycles. The number of nitrogens with one attached hydrogen (secondary N) is 1. The zero-order valence-electron chi connectivity index (χ0n) is 22.7. The Balaban J connectivity index is 1.29. The van der Waals surface area contributed by atoms with Crippen molar-refractivity contribution in [3.8, 4) is 0 Å². The van der Waals surface area contributed by atoms with E-state index < -0.39 is 29.3 Å². The van der Waals surface area contributed by atoms with E-state index in [4.69, 9.17) is 10.5 Å². The van der Waals surface area contributed by atoms with Crippen molar-refractivity contribution in [3.63, 3.8) is 0 Å². The van der Waals surface area contributed by atoms with E-state index in [0.717, 1.165) is 30.2 Å². The summed E-state index contributed by atoms with van der Waals surface area (Å²) in [6.07, 6.45) is 2.26. The van der Waals surface area contributed by atoms with Gasteiger partial charge in [0.05, 0.1) is 23.9 Å². The lowest BCUT2D eigenvalue weighted by Crippen LogP contribution is -2.41. The lowest BCUT2D eigenvalue weighted by molar-refractivity contribution is -0.0976. The number of benzene rings is 1. The van der Waals surface area contributed by atoms with Gasteiger partial charge in [0.1, 0.15) is 29.4 Å². The summed E-state index contributed by atoms with van der Waals surface area (Å²) in [5.41, 5.74) is 5.99. The van der Waals surface area contributed by atoms with E-state index in [1.165, 1.54) is 10.8 Å². The van der Waals surface area contributed by atoms with Gasteiger partial charge in [0.25, 0.3) is 0 Å². The molecule has 0 unspecified atom stereocenters. The van der Waals surface area contributed by atoms with Crippen LogP contribution < -0.4 is 11.1 Å². The standard InChI is InChI=1S/C29H36N6O5/c1-3-4-5-14-40-27(38)34-23-11-8-19-7-6-18(15-20(19)33-23)12-13-28(2)16-29(39,25(37)24(28)36)22-10-9-21-26(30)31-17-32-35(21)22/h6-11,15,17,24-25,36-37,39H,3-5,12-14,16H2,1-2H3,(H2,30,31,32)(H,33,34,38)/t24-,25+,28-,29+/m0/s1. The highest BCUT2D eigenvalue weighted by Crippen LogP contribution is 2.52. The van der Waals surface area contributed by atoms with Gasteiger partial charge in [0.15, 0.2) is 5.82 Å². The maximum absolute atomic E-state index is 12.1. The van der Waals surface area contributed by atoms with Crippen LogP contribution in [0.4, 0.5) is 16.4 Å². The minimum absolute atomic E-state index is 0.124. The van der Waals surface area contributed by atoms with Crippen molar-refractivity contribution in [3.05, 3.63) is 60.0 Å². The number of hydrogen-bond donors (Lipinski definition) is 5. The SMILES string of the molecule is CCCCCOC(=O)Nc1ccc2ccc(CC[C@@]3(C)C[C@@](O)(c4ccc5c(N)ncnn45)[C@H](O)[C@@H]3O)cc2n1. The zero-order chi connectivity index (χ0) is 28.5. The number of rotatable bonds is 9. The maximum Gasteiger partial charge on any atom is 0.412 e. The number of unbranched alkanes of at least 4 members (excludes halogenated alkanes) is 2. The summed E-state index contributed by atoms with van der Waals surface area (Å²) in [4.78, 5) is 20.6. The van der Waals surface area contributed by atoms with Gasteiger partial charge < -0.3 is 25.8 Å². The van der Waals surface area contributed by atoms with Crippen molar-refractivity contribution in [2.45, 2.75) is 70.2 Å². The average molecular weight is 549 g/mol. The number of carbonyl (C=O) groups is 1. The van der Waals surface area contributed by atoms with Crippen molar-refractivity contribution in [2.24, 2.45) is 5.41 Å². The maximum atomic E-state index is 12.1. The van der Waals surface area contributed by atoms with E-state index >= 15 is 0 Å². The predicted molar refractivity (Wildman–Crippen MR) is 151 cm³/mol. The van der Waals surface area contributed by atoms with Gasteiger partial charge in [-0.05, 0) is 67.0 Å². The number of nitrogen functional groups attached to an aromatic ring is 1. The summed E-state index contributed by atoms with van der Waals surface area (Å²) < 4.78 is 6.68. The van der Waals surface area contributed by atoms with Gasteiger partial charge in [-0.3, -0.25) is 5.32 Å². The molecule has 4 atom stereocenters. The molecule has 6 N–H and O–H groups in total. The molecule has 1 fully saturated rings. The molecule has 11 heteroatoms. The molecule has 0 bridgehead atoms. The van der Waals surface area contributed by atoms with E-state index in [1.54, 1.807) is 18.2 Å². The van der Waals surface area contributed by atoms with Crippen LogP contribution in [0.5, 0.6) is 0 Å². The summed E-state index contributed by atoms with van der Waals surface area (Å²) in [5, 5.41) is 41.6. The third-order valence-corrected chi connectivity index (χ3v) is 8.05. The molecule has 0 spiro atoms. The Labute approximate surface area is 232 Å². The van der Waals surface area contributed by atoms with Gasteiger partial charge >= 0.3 is 6.09 Å². The van der Waals surface area contributed by atoms with Crippen LogP contribution >= 0.6 is 0 Å². The van der Waals surface area contributed by atoms with E-state index in [2.05, 4.69) is 27.3 Å². The number of carbonyl (C=O) groups excluding carboxylic acids is 1. The first-order valence-electron chi connectivity index (χ1n) is 13.7. The fourth-order valence-corrected chi connectivity index (χ4v) is 5.70. The second-order valence-electron chi connectivity index (χ2n) is 11.0. The number of amides is 1. The minimum atomic E-state index is -1.72. The molecule has 1 aromatic carbocycles. The number of aliphatic hydroxyl groups is 3. The number of ether oxygens (including phenoxy) is 1. The normalized spacial score (nSPS) is 24.5. The molecule has 1 amide bonds. The molecule has 0 aliphatic heterocycles. The van der Waals surface area contributed by atoms with E-state index in [1.807, 2.05) is 31.2 Å². The number of anilines is 2. The van der Waals surface area contributed by atoms with Gasteiger partial charge in [-0.2, -0.15) is 5.10 Å². The number of aliphatic hydroxyl groups excluding tert-OH is 2.